The van der Waals surface area contributed by atoms with Crippen LogP contribution in [0.25, 0.3) is 0 Å². The first-order chi connectivity index (χ1) is 10.0. The van der Waals surface area contributed by atoms with Gasteiger partial charge < -0.3 is 15.1 Å². The number of nitrogens with one attached hydrogen (secondary N) is 1. The number of hydrogen-bond acceptors (Lipinski definition) is 5. The number of carbonyl (C=O) groups is 3. The minimum atomic E-state index is -0.418. The van der Waals surface area contributed by atoms with Crippen LogP contribution in [0, 0.1) is 5.92 Å². The van der Waals surface area contributed by atoms with Crippen molar-refractivity contribution >= 4 is 29.1 Å². The summed E-state index contributed by atoms with van der Waals surface area (Å²) in [4.78, 5) is 43.6. The smallest absolute Gasteiger partial charge is 0.265 e. The van der Waals surface area contributed by atoms with E-state index in [1.165, 1.54) is 24.5 Å². The third-order valence-corrected chi connectivity index (χ3v) is 4.28. The molecule has 114 valence electrons. The summed E-state index contributed by atoms with van der Waals surface area (Å²) in [5.41, 5.74) is 1.60. The molecule has 0 spiro atoms. The summed E-state index contributed by atoms with van der Waals surface area (Å²) >= 11 is 1.27. The van der Waals surface area contributed by atoms with Crippen molar-refractivity contribution in [2.24, 2.45) is 5.92 Å². The molecule has 3 amide bonds. The Kier molecular flexibility index (Phi) is 4.89. The highest BCUT2D eigenvalue weighted by atomic mass is 32.1. The van der Waals surface area contributed by atoms with E-state index in [4.69, 9.17) is 0 Å². The lowest BCUT2D eigenvalue weighted by Gasteiger charge is -2.22. The molecule has 1 aromatic rings. The Balaban J connectivity index is 2.17. The molecule has 0 saturated carbocycles. The minimum Gasteiger partial charge on any atom is -0.359 e. The van der Waals surface area contributed by atoms with Crippen molar-refractivity contribution in [3.05, 3.63) is 16.6 Å². The van der Waals surface area contributed by atoms with E-state index in [1.54, 1.807) is 22.4 Å². The Morgan fingerprint density at radius 2 is 1.95 bits per heavy atom. The summed E-state index contributed by atoms with van der Waals surface area (Å²) in [5, 5.41) is 2.59. The average molecular weight is 310 g/mol. The van der Waals surface area contributed by atoms with Crippen LogP contribution in [-0.4, -0.2) is 65.7 Å². The molecule has 1 aromatic heterocycles. The lowest BCUT2D eigenvalue weighted by atomic mass is 10.1. The summed E-state index contributed by atoms with van der Waals surface area (Å²) in [6.45, 7) is 2.97. The van der Waals surface area contributed by atoms with Gasteiger partial charge in [-0.25, -0.2) is 0 Å². The maximum absolute atomic E-state index is 12.4. The van der Waals surface area contributed by atoms with Gasteiger partial charge in [-0.15, -0.1) is 11.3 Å². The quantitative estimate of drug-likeness (QED) is 0.821. The Hall–Kier alpha value is -1.96. The first kappa shape index (κ1) is 15.4. The summed E-state index contributed by atoms with van der Waals surface area (Å²) in [6, 6.07) is 0. The van der Waals surface area contributed by atoms with Crippen molar-refractivity contribution in [2.75, 3.05) is 33.2 Å². The van der Waals surface area contributed by atoms with Gasteiger partial charge >= 0.3 is 0 Å². The SMILES string of the molecule is CNC(=O)[C@H]1CN(C(C)=O)CCN(C(=O)c2cncs2)C1. The van der Waals surface area contributed by atoms with Crippen LogP contribution in [0.2, 0.25) is 0 Å². The lowest BCUT2D eigenvalue weighted by Crippen LogP contribution is -2.41. The van der Waals surface area contributed by atoms with E-state index < -0.39 is 5.92 Å². The third-order valence-electron chi connectivity index (χ3n) is 3.51. The van der Waals surface area contributed by atoms with Gasteiger partial charge in [-0.3, -0.25) is 19.4 Å². The van der Waals surface area contributed by atoms with Crippen molar-refractivity contribution in [1.29, 1.82) is 0 Å². The van der Waals surface area contributed by atoms with E-state index in [0.717, 1.165) is 0 Å². The minimum absolute atomic E-state index is 0.0870. The zero-order valence-electron chi connectivity index (χ0n) is 12.0. The summed E-state index contributed by atoms with van der Waals surface area (Å²) in [7, 11) is 1.56. The molecule has 2 rings (SSSR count). The topological polar surface area (TPSA) is 82.6 Å². The normalized spacial score (nSPS) is 19.0. The number of amides is 3. The fraction of sp³-hybridized carbons (Fsp3) is 0.538. The van der Waals surface area contributed by atoms with Crippen molar-refractivity contribution in [2.45, 2.75) is 6.92 Å². The molecule has 0 bridgehead atoms. The predicted molar refractivity (Wildman–Crippen MR) is 77.8 cm³/mol. The molecule has 1 saturated heterocycles. The summed E-state index contributed by atoms with van der Waals surface area (Å²) in [6.07, 6.45) is 1.52. The number of hydrogen-bond donors (Lipinski definition) is 1. The zero-order chi connectivity index (χ0) is 15.4. The molecule has 1 aliphatic heterocycles. The van der Waals surface area contributed by atoms with Crippen molar-refractivity contribution in [1.82, 2.24) is 20.1 Å². The van der Waals surface area contributed by atoms with E-state index in [-0.39, 0.29) is 17.7 Å². The molecule has 0 unspecified atom stereocenters. The number of thiazole rings is 1. The maximum Gasteiger partial charge on any atom is 0.265 e. The standard InChI is InChI=1S/C13H18N4O3S/c1-9(18)16-3-4-17(7-10(6-16)12(19)14-2)13(20)11-5-15-8-21-11/h5,8,10H,3-4,6-7H2,1-2H3,(H,14,19)/t10-/m0/s1. The van der Waals surface area contributed by atoms with Crippen LogP contribution >= 0.6 is 11.3 Å². The number of nitrogens with zero attached hydrogens (tertiary/aromatic N) is 3. The molecule has 8 heteroatoms. The van der Waals surface area contributed by atoms with Gasteiger partial charge in [0.2, 0.25) is 11.8 Å². The zero-order valence-corrected chi connectivity index (χ0v) is 12.9. The van der Waals surface area contributed by atoms with E-state index in [9.17, 15) is 14.4 Å². The van der Waals surface area contributed by atoms with Gasteiger partial charge in [0.1, 0.15) is 4.88 Å². The van der Waals surface area contributed by atoms with Crippen molar-refractivity contribution in [3.63, 3.8) is 0 Å². The summed E-state index contributed by atoms with van der Waals surface area (Å²) < 4.78 is 0. The second-order valence-corrected chi connectivity index (χ2v) is 5.78. The number of aromatic nitrogens is 1. The second-order valence-electron chi connectivity index (χ2n) is 4.89. The molecule has 0 aliphatic carbocycles. The van der Waals surface area contributed by atoms with Gasteiger partial charge in [0.05, 0.1) is 17.6 Å². The fourth-order valence-corrected chi connectivity index (χ4v) is 2.92. The molecule has 7 nitrogen and oxygen atoms in total. The molecule has 0 radical (unpaired) electrons. The van der Waals surface area contributed by atoms with Crippen LogP contribution in [0.4, 0.5) is 0 Å². The lowest BCUT2D eigenvalue weighted by molar-refractivity contribution is -0.130. The predicted octanol–water partition coefficient (Wildman–Crippen LogP) is -0.190. The van der Waals surface area contributed by atoms with Crippen LogP contribution < -0.4 is 5.32 Å². The largest absolute Gasteiger partial charge is 0.359 e. The van der Waals surface area contributed by atoms with E-state index in [2.05, 4.69) is 10.3 Å². The monoisotopic (exact) mass is 310 g/mol. The highest BCUT2D eigenvalue weighted by molar-refractivity contribution is 7.11. The van der Waals surface area contributed by atoms with Crippen LogP contribution in [0.5, 0.6) is 0 Å². The fourth-order valence-electron chi connectivity index (χ4n) is 2.33. The Labute approximate surface area is 126 Å². The van der Waals surface area contributed by atoms with E-state index in [0.29, 0.717) is 31.1 Å². The molecule has 1 aliphatic rings. The van der Waals surface area contributed by atoms with Gasteiger partial charge in [0.15, 0.2) is 0 Å². The molecule has 1 N–H and O–H groups in total. The second kappa shape index (κ2) is 6.66. The van der Waals surface area contributed by atoms with Crippen LogP contribution in [0.1, 0.15) is 16.6 Å². The van der Waals surface area contributed by atoms with Gasteiger partial charge in [0, 0.05) is 40.2 Å². The first-order valence-electron chi connectivity index (χ1n) is 6.67. The number of rotatable bonds is 2. The third kappa shape index (κ3) is 3.57. The Bertz CT molecular complexity index is 532. The molecule has 1 atom stereocenters. The molecular formula is C13H18N4O3S. The molecule has 21 heavy (non-hydrogen) atoms. The Morgan fingerprint density at radius 1 is 1.29 bits per heavy atom. The van der Waals surface area contributed by atoms with Crippen LogP contribution in [0.3, 0.4) is 0 Å². The van der Waals surface area contributed by atoms with Crippen LogP contribution in [0.15, 0.2) is 11.7 Å². The van der Waals surface area contributed by atoms with Crippen LogP contribution in [-0.2, 0) is 9.59 Å². The van der Waals surface area contributed by atoms with Crippen molar-refractivity contribution in [3.8, 4) is 0 Å². The highest BCUT2D eigenvalue weighted by Gasteiger charge is 2.31. The average Bonchev–Trinajstić information content (AvgIpc) is 2.91. The van der Waals surface area contributed by atoms with Gasteiger partial charge in [0.25, 0.3) is 5.91 Å². The molecule has 0 aromatic carbocycles. The maximum atomic E-state index is 12.4. The first-order valence-corrected chi connectivity index (χ1v) is 7.55. The molecular weight excluding hydrogens is 292 g/mol. The van der Waals surface area contributed by atoms with Gasteiger partial charge in [-0.05, 0) is 0 Å². The number of carbonyl (C=O) groups excluding carboxylic acids is 3. The van der Waals surface area contributed by atoms with E-state index >= 15 is 0 Å². The molecule has 2 heterocycles. The van der Waals surface area contributed by atoms with Crippen molar-refractivity contribution < 1.29 is 14.4 Å². The van der Waals surface area contributed by atoms with Gasteiger partial charge in [-0.1, -0.05) is 0 Å². The molecule has 1 fully saturated rings. The van der Waals surface area contributed by atoms with Gasteiger partial charge in [-0.2, -0.15) is 0 Å². The highest BCUT2D eigenvalue weighted by Crippen LogP contribution is 2.15. The van der Waals surface area contributed by atoms with E-state index in [1.807, 2.05) is 0 Å². The summed E-state index contributed by atoms with van der Waals surface area (Å²) in [5.74, 6) is -0.809. The Morgan fingerprint density at radius 3 is 2.52 bits per heavy atom.